The minimum Gasteiger partial charge on any atom is -0.388 e. The number of anilines is 2. The summed E-state index contributed by atoms with van der Waals surface area (Å²) in [6.07, 6.45) is 2.66. The van der Waals surface area contributed by atoms with E-state index in [9.17, 15) is 0 Å². The van der Waals surface area contributed by atoms with Crippen LogP contribution in [0.2, 0.25) is 0 Å². The summed E-state index contributed by atoms with van der Waals surface area (Å²) in [4.78, 5) is 4.53. The average molecular weight is 271 g/mol. The van der Waals surface area contributed by atoms with Crippen LogP contribution < -0.4 is 11.1 Å². The molecule has 0 amide bonds. The molecule has 1 aromatic heterocycles. The van der Waals surface area contributed by atoms with E-state index in [2.05, 4.69) is 42.3 Å². The molecule has 98 valence electrons. The van der Waals surface area contributed by atoms with Crippen LogP contribution in [0.3, 0.4) is 0 Å². The van der Waals surface area contributed by atoms with Crippen LogP contribution in [0.5, 0.6) is 0 Å². The fourth-order valence-corrected chi connectivity index (χ4v) is 2.20. The molecular weight excluding hydrogens is 254 g/mol. The van der Waals surface area contributed by atoms with E-state index in [1.807, 2.05) is 12.1 Å². The van der Waals surface area contributed by atoms with Crippen LogP contribution in [0.15, 0.2) is 36.5 Å². The van der Waals surface area contributed by atoms with E-state index in [4.69, 9.17) is 18.0 Å². The maximum Gasteiger partial charge on any atom is 0.124 e. The molecule has 0 bridgehead atoms. The number of hydrogen-bond donors (Lipinski definition) is 2. The molecule has 1 heterocycles. The van der Waals surface area contributed by atoms with Crippen molar-refractivity contribution in [3.05, 3.63) is 53.3 Å². The number of rotatable bonds is 4. The van der Waals surface area contributed by atoms with Gasteiger partial charge in [0, 0.05) is 11.9 Å². The van der Waals surface area contributed by atoms with Crippen molar-refractivity contribution in [2.45, 2.75) is 20.3 Å². The molecule has 0 radical (unpaired) electrons. The molecule has 2 aromatic rings. The number of nitrogens with zero attached hydrogens (tertiary/aromatic N) is 1. The van der Waals surface area contributed by atoms with Gasteiger partial charge in [-0.15, -0.1) is 0 Å². The van der Waals surface area contributed by atoms with E-state index in [-0.39, 0.29) is 0 Å². The third-order valence-corrected chi connectivity index (χ3v) is 3.23. The quantitative estimate of drug-likeness (QED) is 0.837. The topological polar surface area (TPSA) is 50.9 Å². The molecule has 0 unspecified atom stereocenters. The summed E-state index contributed by atoms with van der Waals surface area (Å²) in [6.45, 7) is 4.22. The van der Waals surface area contributed by atoms with E-state index in [1.54, 1.807) is 6.20 Å². The molecule has 1 aromatic carbocycles. The summed E-state index contributed by atoms with van der Waals surface area (Å²) in [7, 11) is 0. The molecule has 2 rings (SSSR count). The lowest BCUT2D eigenvalue weighted by Crippen LogP contribution is -2.14. The standard InChI is InChI=1S/C15H17N3S/c1-3-11-7-4-6-10(2)13(11)18-12-8-5-9-17-14(12)15(16)19/h4-9,18H,3H2,1-2H3,(H2,16,19). The fourth-order valence-electron chi connectivity index (χ4n) is 2.04. The zero-order valence-electron chi connectivity index (χ0n) is 11.1. The van der Waals surface area contributed by atoms with E-state index in [0.717, 1.165) is 17.8 Å². The lowest BCUT2D eigenvalue weighted by atomic mass is 10.1. The normalized spacial score (nSPS) is 10.2. The number of thiocarbonyl (C=S) groups is 1. The van der Waals surface area contributed by atoms with Crippen LogP contribution in [-0.4, -0.2) is 9.97 Å². The maximum absolute atomic E-state index is 5.71. The highest BCUT2D eigenvalue weighted by molar-refractivity contribution is 7.80. The number of aromatic nitrogens is 1. The Morgan fingerprint density at radius 3 is 2.79 bits per heavy atom. The highest BCUT2D eigenvalue weighted by atomic mass is 32.1. The predicted molar refractivity (Wildman–Crippen MR) is 84.0 cm³/mol. The van der Waals surface area contributed by atoms with Crippen molar-refractivity contribution in [2.75, 3.05) is 5.32 Å². The zero-order valence-corrected chi connectivity index (χ0v) is 11.9. The van der Waals surface area contributed by atoms with Crippen LogP contribution in [0.1, 0.15) is 23.7 Å². The molecule has 0 saturated carbocycles. The van der Waals surface area contributed by atoms with Gasteiger partial charge in [-0.05, 0) is 36.6 Å². The first-order chi connectivity index (χ1) is 9.13. The van der Waals surface area contributed by atoms with Gasteiger partial charge in [0.05, 0.1) is 5.69 Å². The second-order valence-electron chi connectivity index (χ2n) is 4.35. The van der Waals surface area contributed by atoms with Gasteiger partial charge in [0.1, 0.15) is 10.7 Å². The molecular formula is C15H17N3S. The first-order valence-corrected chi connectivity index (χ1v) is 6.64. The fraction of sp³-hybridized carbons (Fsp3) is 0.200. The Balaban J connectivity index is 2.45. The van der Waals surface area contributed by atoms with E-state index >= 15 is 0 Å². The Labute approximate surface area is 118 Å². The second kappa shape index (κ2) is 5.80. The Morgan fingerprint density at radius 1 is 1.32 bits per heavy atom. The number of hydrogen-bond acceptors (Lipinski definition) is 3. The first-order valence-electron chi connectivity index (χ1n) is 6.23. The monoisotopic (exact) mass is 271 g/mol. The Kier molecular flexibility index (Phi) is 4.12. The van der Waals surface area contributed by atoms with Gasteiger partial charge < -0.3 is 11.1 Å². The smallest absolute Gasteiger partial charge is 0.124 e. The number of aryl methyl sites for hydroxylation is 2. The van der Waals surface area contributed by atoms with Crippen molar-refractivity contribution < 1.29 is 0 Å². The van der Waals surface area contributed by atoms with Crippen molar-refractivity contribution in [1.82, 2.24) is 4.98 Å². The van der Waals surface area contributed by atoms with Gasteiger partial charge in [-0.1, -0.05) is 37.3 Å². The Hall–Kier alpha value is -1.94. The van der Waals surface area contributed by atoms with E-state index in [0.29, 0.717) is 10.7 Å². The molecule has 3 nitrogen and oxygen atoms in total. The third kappa shape index (κ3) is 2.90. The Bertz CT molecular complexity index is 608. The van der Waals surface area contributed by atoms with Crippen molar-refractivity contribution in [1.29, 1.82) is 0 Å². The largest absolute Gasteiger partial charge is 0.388 e. The summed E-state index contributed by atoms with van der Waals surface area (Å²) in [5, 5.41) is 3.41. The van der Waals surface area contributed by atoms with Crippen LogP contribution in [0.4, 0.5) is 11.4 Å². The van der Waals surface area contributed by atoms with Crippen LogP contribution in [0, 0.1) is 6.92 Å². The molecule has 4 heteroatoms. The number of para-hydroxylation sites is 1. The van der Waals surface area contributed by atoms with Gasteiger partial charge in [0.25, 0.3) is 0 Å². The third-order valence-electron chi connectivity index (χ3n) is 3.04. The van der Waals surface area contributed by atoms with Crippen molar-refractivity contribution >= 4 is 28.6 Å². The van der Waals surface area contributed by atoms with Gasteiger partial charge in [0.15, 0.2) is 0 Å². The molecule has 0 fully saturated rings. The summed E-state index contributed by atoms with van der Waals surface area (Å²) in [6, 6.07) is 10.1. The lowest BCUT2D eigenvalue weighted by molar-refractivity contribution is 1.13. The summed E-state index contributed by atoms with van der Waals surface area (Å²) in [5.41, 5.74) is 10.7. The average Bonchev–Trinajstić information content (AvgIpc) is 2.41. The molecule has 0 aliphatic rings. The van der Waals surface area contributed by atoms with E-state index in [1.165, 1.54) is 11.1 Å². The molecule has 0 atom stereocenters. The second-order valence-corrected chi connectivity index (χ2v) is 4.79. The van der Waals surface area contributed by atoms with Crippen molar-refractivity contribution in [3.8, 4) is 0 Å². The highest BCUT2D eigenvalue weighted by Gasteiger charge is 2.09. The summed E-state index contributed by atoms with van der Waals surface area (Å²) < 4.78 is 0. The van der Waals surface area contributed by atoms with Gasteiger partial charge in [0.2, 0.25) is 0 Å². The van der Waals surface area contributed by atoms with Crippen molar-refractivity contribution in [3.63, 3.8) is 0 Å². The number of nitrogens with two attached hydrogens (primary N) is 1. The molecule has 3 N–H and O–H groups in total. The summed E-state index contributed by atoms with van der Waals surface area (Å²) in [5.74, 6) is 0. The number of nitrogens with one attached hydrogen (secondary N) is 1. The van der Waals surface area contributed by atoms with Crippen LogP contribution in [0.25, 0.3) is 0 Å². The zero-order chi connectivity index (χ0) is 13.8. The summed E-state index contributed by atoms with van der Waals surface area (Å²) >= 11 is 5.04. The maximum atomic E-state index is 5.71. The van der Waals surface area contributed by atoms with Gasteiger partial charge in [-0.3, -0.25) is 4.98 Å². The molecule has 0 saturated heterocycles. The lowest BCUT2D eigenvalue weighted by Gasteiger charge is -2.15. The van der Waals surface area contributed by atoms with Crippen molar-refractivity contribution in [2.24, 2.45) is 5.73 Å². The molecule has 19 heavy (non-hydrogen) atoms. The molecule has 0 aliphatic carbocycles. The van der Waals surface area contributed by atoms with Crippen LogP contribution >= 0.6 is 12.2 Å². The first kappa shape index (κ1) is 13.5. The molecule has 0 spiro atoms. The van der Waals surface area contributed by atoms with Crippen LogP contribution in [-0.2, 0) is 6.42 Å². The van der Waals surface area contributed by atoms with Gasteiger partial charge in [-0.2, -0.15) is 0 Å². The number of benzene rings is 1. The van der Waals surface area contributed by atoms with Gasteiger partial charge >= 0.3 is 0 Å². The SMILES string of the molecule is CCc1cccc(C)c1Nc1cccnc1C(N)=S. The van der Waals surface area contributed by atoms with E-state index < -0.39 is 0 Å². The predicted octanol–water partition coefficient (Wildman–Crippen LogP) is 3.33. The Morgan fingerprint density at radius 2 is 2.11 bits per heavy atom. The minimum absolute atomic E-state index is 0.301. The number of pyridine rings is 1. The highest BCUT2D eigenvalue weighted by Crippen LogP contribution is 2.26. The molecule has 0 aliphatic heterocycles. The van der Waals surface area contributed by atoms with Gasteiger partial charge in [-0.25, -0.2) is 0 Å². The minimum atomic E-state index is 0.301.